The van der Waals surface area contributed by atoms with E-state index < -0.39 is 0 Å². The molecular formula is C22H24N4O3S. The predicted molar refractivity (Wildman–Crippen MR) is 116 cm³/mol. The fourth-order valence-corrected chi connectivity index (χ4v) is 3.90. The van der Waals surface area contributed by atoms with Crippen LogP contribution in [0.5, 0.6) is 5.75 Å². The molecule has 0 radical (unpaired) electrons. The Morgan fingerprint density at radius 1 is 1.20 bits per heavy atom. The summed E-state index contributed by atoms with van der Waals surface area (Å²) in [6.07, 6.45) is 3.48. The first-order valence-corrected chi connectivity index (χ1v) is 10.9. The minimum Gasteiger partial charge on any atom is -0.494 e. The Bertz CT molecular complexity index is 974. The lowest BCUT2D eigenvalue weighted by Crippen LogP contribution is -2.47. The second-order valence-electron chi connectivity index (χ2n) is 6.93. The maximum atomic E-state index is 12.5. The molecule has 1 aliphatic heterocycles. The van der Waals surface area contributed by atoms with Crippen LogP contribution in [-0.4, -0.2) is 58.6 Å². The van der Waals surface area contributed by atoms with E-state index in [4.69, 9.17) is 9.26 Å². The topological polar surface area (TPSA) is 71.7 Å². The summed E-state index contributed by atoms with van der Waals surface area (Å²) in [7, 11) is 0. The number of hydrogen-bond donors (Lipinski definition) is 0. The largest absolute Gasteiger partial charge is 0.494 e. The molecular weight excluding hydrogens is 400 g/mol. The van der Waals surface area contributed by atoms with Gasteiger partial charge in [-0.3, -0.25) is 9.69 Å². The number of thiophene rings is 1. The third-order valence-electron chi connectivity index (χ3n) is 4.86. The van der Waals surface area contributed by atoms with Gasteiger partial charge in [-0.15, -0.1) is 11.3 Å². The first kappa shape index (κ1) is 20.3. The smallest absolute Gasteiger partial charge is 0.268 e. The minimum atomic E-state index is 0.0306. The highest BCUT2D eigenvalue weighted by molar-refractivity contribution is 7.13. The van der Waals surface area contributed by atoms with Crippen LogP contribution in [-0.2, 0) is 11.3 Å². The molecule has 1 saturated heterocycles. The predicted octanol–water partition coefficient (Wildman–Crippen LogP) is 3.55. The van der Waals surface area contributed by atoms with E-state index in [2.05, 4.69) is 15.0 Å². The van der Waals surface area contributed by atoms with Crippen molar-refractivity contribution in [1.82, 2.24) is 19.9 Å². The summed E-state index contributed by atoms with van der Waals surface area (Å²) < 4.78 is 10.8. The number of ether oxygens (including phenoxy) is 1. The fourth-order valence-electron chi connectivity index (χ4n) is 3.26. The molecule has 1 fully saturated rings. The molecule has 0 unspecified atom stereocenters. The zero-order chi connectivity index (χ0) is 20.8. The van der Waals surface area contributed by atoms with Crippen LogP contribution in [0.3, 0.4) is 0 Å². The summed E-state index contributed by atoms with van der Waals surface area (Å²) in [5.74, 6) is 2.10. The van der Waals surface area contributed by atoms with Crippen LogP contribution in [0.2, 0.25) is 0 Å². The summed E-state index contributed by atoms with van der Waals surface area (Å²) in [5.41, 5.74) is 0.976. The second-order valence-corrected chi connectivity index (χ2v) is 7.88. The molecule has 3 aromatic rings. The molecule has 0 bridgehead atoms. The molecule has 7 nitrogen and oxygen atoms in total. The van der Waals surface area contributed by atoms with Gasteiger partial charge in [-0.25, -0.2) is 0 Å². The van der Waals surface area contributed by atoms with Crippen LogP contribution in [0, 0.1) is 0 Å². The van der Waals surface area contributed by atoms with Crippen molar-refractivity contribution in [3.8, 4) is 16.5 Å². The number of nitrogens with zero attached hydrogens (tertiary/aromatic N) is 4. The molecule has 0 atom stereocenters. The van der Waals surface area contributed by atoms with Gasteiger partial charge < -0.3 is 14.2 Å². The monoisotopic (exact) mass is 424 g/mol. The van der Waals surface area contributed by atoms with Gasteiger partial charge in [0.2, 0.25) is 5.91 Å². The minimum absolute atomic E-state index is 0.0306. The highest BCUT2D eigenvalue weighted by atomic mass is 32.1. The normalized spacial score (nSPS) is 15.0. The van der Waals surface area contributed by atoms with E-state index in [1.54, 1.807) is 17.4 Å². The average molecular weight is 425 g/mol. The highest BCUT2D eigenvalue weighted by Crippen LogP contribution is 2.22. The standard InChI is InChI=1S/C22H24N4O3S/c1-2-28-18-8-5-17(6-9-18)7-10-21(27)26-13-11-25(12-14-26)16-20-23-22(29-24-20)19-4-3-15-30-19/h3-10,15H,2,11-14,16H2,1H3. The number of amides is 1. The molecule has 30 heavy (non-hydrogen) atoms. The highest BCUT2D eigenvalue weighted by Gasteiger charge is 2.21. The van der Waals surface area contributed by atoms with Gasteiger partial charge in [-0.1, -0.05) is 23.4 Å². The maximum absolute atomic E-state index is 12.5. The van der Waals surface area contributed by atoms with E-state index in [0.29, 0.717) is 38.0 Å². The van der Waals surface area contributed by atoms with Gasteiger partial charge in [0.05, 0.1) is 18.0 Å². The first-order chi connectivity index (χ1) is 14.7. The van der Waals surface area contributed by atoms with Crippen LogP contribution < -0.4 is 4.74 Å². The molecule has 0 N–H and O–H groups in total. The van der Waals surface area contributed by atoms with Crippen LogP contribution in [0.1, 0.15) is 18.3 Å². The average Bonchev–Trinajstić information content (AvgIpc) is 3.46. The van der Waals surface area contributed by atoms with Gasteiger partial charge in [-0.2, -0.15) is 4.98 Å². The Kier molecular flexibility index (Phi) is 6.56. The first-order valence-electron chi connectivity index (χ1n) is 10.00. The lowest BCUT2D eigenvalue weighted by Gasteiger charge is -2.33. The van der Waals surface area contributed by atoms with Crippen molar-refractivity contribution >= 4 is 23.3 Å². The van der Waals surface area contributed by atoms with Gasteiger partial charge >= 0.3 is 0 Å². The number of aromatic nitrogens is 2. The number of piperazine rings is 1. The van der Waals surface area contributed by atoms with Crippen LogP contribution in [0.15, 0.2) is 52.4 Å². The lowest BCUT2D eigenvalue weighted by molar-refractivity contribution is -0.127. The summed E-state index contributed by atoms with van der Waals surface area (Å²) in [6.45, 7) is 6.15. The number of hydrogen-bond acceptors (Lipinski definition) is 7. The van der Waals surface area contributed by atoms with E-state index in [9.17, 15) is 4.79 Å². The van der Waals surface area contributed by atoms with E-state index in [1.165, 1.54) is 0 Å². The number of carbonyl (C=O) groups excluding carboxylic acids is 1. The number of benzene rings is 1. The fraction of sp³-hybridized carbons (Fsp3) is 0.318. The lowest BCUT2D eigenvalue weighted by atomic mass is 10.2. The van der Waals surface area contributed by atoms with Gasteiger partial charge in [0.25, 0.3) is 5.89 Å². The van der Waals surface area contributed by atoms with Gasteiger partial charge in [0.1, 0.15) is 5.75 Å². The summed E-state index contributed by atoms with van der Waals surface area (Å²) >= 11 is 1.58. The Morgan fingerprint density at radius 3 is 2.70 bits per heavy atom. The third kappa shape index (κ3) is 5.14. The molecule has 3 heterocycles. The third-order valence-corrected chi connectivity index (χ3v) is 5.72. The van der Waals surface area contributed by atoms with E-state index >= 15 is 0 Å². The maximum Gasteiger partial charge on any atom is 0.268 e. The summed E-state index contributed by atoms with van der Waals surface area (Å²) in [6, 6.07) is 11.6. The van der Waals surface area contributed by atoms with E-state index in [1.807, 2.05) is 59.7 Å². The molecule has 156 valence electrons. The Labute approximate surface area is 179 Å². The van der Waals surface area contributed by atoms with Gasteiger partial charge in [0, 0.05) is 32.3 Å². The molecule has 0 aliphatic carbocycles. The Hall–Kier alpha value is -2.97. The van der Waals surface area contributed by atoms with Crippen molar-refractivity contribution < 1.29 is 14.1 Å². The van der Waals surface area contributed by atoms with Crippen LogP contribution in [0.4, 0.5) is 0 Å². The van der Waals surface area contributed by atoms with Gasteiger partial charge in [-0.05, 0) is 42.1 Å². The SMILES string of the molecule is CCOc1ccc(C=CC(=O)N2CCN(Cc3noc(-c4cccs4)n3)CC2)cc1. The molecule has 0 saturated carbocycles. The second kappa shape index (κ2) is 9.69. The molecule has 1 amide bonds. The van der Waals surface area contributed by atoms with Crippen molar-refractivity contribution in [2.75, 3.05) is 32.8 Å². The molecule has 8 heteroatoms. The van der Waals surface area contributed by atoms with Crippen LogP contribution in [0.25, 0.3) is 16.8 Å². The Morgan fingerprint density at radius 2 is 2.00 bits per heavy atom. The molecule has 0 spiro atoms. The van der Waals surface area contributed by atoms with Crippen molar-refractivity contribution in [2.24, 2.45) is 0 Å². The van der Waals surface area contributed by atoms with Crippen molar-refractivity contribution in [1.29, 1.82) is 0 Å². The van der Waals surface area contributed by atoms with E-state index in [0.717, 1.165) is 29.3 Å². The molecule has 1 aliphatic rings. The van der Waals surface area contributed by atoms with Crippen molar-refractivity contribution in [2.45, 2.75) is 13.5 Å². The molecule has 4 rings (SSSR count). The van der Waals surface area contributed by atoms with Crippen molar-refractivity contribution in [3.05, 3.63) is 59.2 Å². The zero-order valence-corrected chi connectivity index (χ0v) is 17.7. The van der Waals surface area contributed by atoms with E-state index in [-0.39, 0.29) is 5.91 Å². The Balaban J connectivity index is 1.25. The molecule has 2 aromatic heterocycles. The summed E-state index contributed by atoms with van der Waals surface area (Å²) in [5, 5.41) is 6.07. The summed E-state index contributed by atoms with van der Waals surface area (Å²) in [4.78, 5) is 22.1. The number of rotatable bonds is 7. The number of carbonyl (C=O) groups is 1. The quantitative estimate of drug-likeness (QED) is 0.540. The zero-order valence-electron chi connectivity index (χ0n) is 16.9. The van der Waals surface area contributed by atoms with Crippen LogP contribution >= 0.6 is 11.3 Å². The van der Waals surface area contributed by atoms with Crippen molar-refractivity contribution in [3.63, 3.8) is 0 Å². The molecule has 1 aromatic carbocycles. The van der Waals surface area contributed by atoms with Gasteiger partial charge in [0.15, 0.2) is 5.82 Å².